The van der Waals surface area contributed by atoms with E-state index in [1.165, 1.54) is 11.8 Å². The van der Waals surface area contributed by atoms with E-state index in [-0.39, 0.29) is 17.7 Å². The second kappa shape index (κ2) is 5.79. The highest BCUT2D eigenvalue weighted by Gasteiger charge is 2.35. The monoisotopic (exact) mass is 301 g/mol. The first-order valence-corrected chi connectivity index (χ1v) is 6.60. The minimum Gasteiger partial charge on any atom is -0.326 e. The lowest BCUT2D eigenvalue weighted by Crippen LogP contribution is -2.52. The van der Waals surface area contributed by atoms with Gasteiger partial charge in [0.25, 0.3) is 5.91 Å². The summed E-state index contributed by atoms with van der Waals surface area (Å²) in [6, 6.07) is -0.704. The van der Waals surface area contributed by atoms with Crippen LogP contribution in [-0.4, -0.2) is 52.4 Å². The summed E-state index contributed by atoms with van der Waals surface area (Å²) in [7, 11) is 0. The lowest BCUT2D eigenvalue weighted by molar-refractivity contribution is -0.147. The molecule has 0 radical (unpaired) electrons. The highest BCUT2D eigenvalue weighted by Crippen LogP contribution is 2.19. The number of amides is 1. The van der Waals surface area contributed by atoms with Gasteiger partial charge in [-0.1, -0.05) is 15.9 Å². The molecule has 1 atom stereocenters. The van der Waals surface area contributed by atoms with Gasteiger partial charge in [0.05, 0.1) is 5.33 Å². The van der Waals surface area contributed by atoms with Crippen molar-refractivity contribution in [3.63, 3.8) is 0 Å². The van der Waals surface area contributed by atoms with E-state index < -0.39 is 18.4 Å². The Morgan fingerprint density at radius 1 is 1.53 bits per heavy atom. The van der Waals surface area contributed by atoms with Crippen LogP contribution in [0.5, 0.6) is 0 Å². The van der Waals surface area contributed by atoms with Crippen LogP contribution < -0.4 is 0 Å². The summed E-state index contributed by atoms with van der Waals surface area (Å²) in [5.41, 5.74) is 0. The van der Waals surface area contributed by atoms with Crippen LogP contribution in [0.3, 0.4) is 0 Å². The molecule has 1 unspecified atom stereocenters. The minimum absolute atomic E-state index is 0.0885. The van der Waals surface area contributed by atoms with Crippen molar-refractivity contribution in [2.75, 3.05) is 23.4 Å². The minimum atomic E-state index is -3.03. The molecule has 0 bridgehead atoms. The van der Waals surface area contributed by atoms with Crippen LogP contribution in [0.1, 0.15) is 0 Å². The molecular formula is C8H10BrF2NO2S. The van der Waals surface area contributed by atoms with E-state index in [9.17, 15) is 18.4 Å². The lowest BCUT2D eigenvalue weighted by Gasteiger charge is -2.33. The van der Waals surface area contributed by atoms with Crippen molar-refractivity contribution in [1.29, 1.82) is 0 Å². The van der Waals surface area contributed by atoms with E-state index in [4.69, 9.17) is 0 Å². The number of alkyl halides is 3. The molecule has 15 heavy (non-hydrogen) atoms. The zero-order valence-electron chi connectivity index (χ0n) is 7.79. The Balaban J connectivity index is 2.73. The van der Waals surface area contributed by atoms with Gasteiger partial charge in [0.15, 0.2) is 5.78 Å². The van der Waals surface area contributed by atoms with Crippen LogP contribution in [-0.2, 0) is 9.59 Å². The van der Waals surface area contributed by atoms with Gasteiger partial charge in [0, 0.05) is 18.1 Å². The van der Waals surface area contributed by atoms with Gasteiger partial charge in [-0.2, -0.15) is 20.5 Å². The van der Waals surface area contributed by atoms with E-state index in [0.717, 1.165) is 4.90 Å². The van der Waals surface area contributed by atoms with Gasteiger partial charge in [0.1, 0.15) is 6.04 Å². The van der Waals surface area contributed by atoms with Gasteiger partial charge in [0.2, 0.25) is 0 Å². The Morgan fingerprint density at radius 2 is 2.20 bits per heavy atom. The number of ketones is 1. The normalized spacial score (nSPS) is 21.9. The number of hydrogen-bond donors (Lipinski definition) is 0. The third-order valence-corrected chi connectivity index (χ3v) is 3.68. The molecule has 0 aliphatic carbocycles. The summed E-state index contributed by atoms with van der Waals surface area (Å²) < 4.78 is 24.5. The molecule has 0 aromatic heterocycles. The highest BCUT2D eigenvalue weighted by atomic mass is 79.9. The Labute approximate surface area is 98.7 Å². The summed E-state index contributed by atoms with van der Waals surface area (Å²) in [5.74, 6) is -0.459. The smallest absolute Gasteiger partial charge is 0.315 e. The van der Waals surface area contributed by atoms with E-state index in [1.807, 2.05) is 0 Å². The molecule has 7 heteroatoms. The van der Waals surface area contributed by atoms with Gasteiger partial charge in [-0.3, -0.25) is 9.59 Å². The van der Waals surface area contributed by atoms with Crippen molar-refractivity contribution in [3.8, 4) is 0 Å². The molecule has 0 aromatic rings. The van der Waals surface area contributed by atoms with Crippen molar-refractivity contribution in [2.45, 2.75) is 12.5 Å². The van der Waals surface area contributed by atoms with Gasteiger partial charge in [-0.05, 0) is 0 Å². The maximum Gasteiger partial charge on any atom is 0.315 e. The van der Waals surface area contributed by atoms with E-state index in [1.54, 1.807) is 0 Å². The van der Waals surface area contributed by atoms with Crippen LogP contribution in [0.15, 0.2) is 0 Å². The second-order valence-electron chi connectivity index (χ2n) is 3.02. The molecular weight excluding hydrogens is 292 g/mol. The van der Waals surface area contributed by atoms with Gasteiger partial charge >= 0.3 is 6.43 Å². The fourth-order valence-electron chi connectivity index (χ4n) is 1.35. The first-order chi connectivity index (χ1) is 7.07. The summed E-state index contributed by atoms with van der Waals surface area (Å²) >= 11 is 4.48. The number of rotatable bonds is 3. The van der Waals surface area contributed by atoms with Crippen molar-refractivity contribution in [2.24, 2.45) is 0 Å². The van der Waals surface area contributed by atoms with E-state index in [0.29, 0.717) is 11.5 Å². The predicted octanol–water partition coefficient (Wildman–Crippen LogP) is 1.16. The molecule has 1 rings (SSSR count). The zero-order chi connectivity index (χ0) is 11.4. The number of halogens is 3. The molecule has 1 aliphatic rings. The third-order valence-electron chi connectivity index (χ3n) is 2.10. The Kier molecular flexibility index (Phi) is 4.98. The number of thioether (sulfide) groups is 1. The average Bonchev–Trinajstić information content (AvgIpc) is 2.27. The molecule has 0 saturated carbocycles. The fraction of sp³-hybridized carbons (Fsp3) is 0.750. The molecule has 0 aromatic carbocycles. The maximum atomic E-state index is 12.2. The Morgan fingerprint density at radius 3 is 2.73 bits per heavy atom. The van der Waals surface area contributed by atoms with Crippen LogP contribution in [0.4, 0.5) is 8.78 Å². The molecule has 3 nitrogen and oxygen atoms in total. The summed E-state index contributed by atoms with van der Waals surface area (Å²) in [4.78, 5) is 23.5. The summed E-state index contributed by atoms with van der Waals surface area (Å²) in [6.45, 7) is 0.219. The quantitative estimate of drug-likeness (QED) is 0.734. The number of carbonyl (C=O) groups is 2. The van der Waals surface area contributed by atoms with Crippen molar-refractivity contribution < 1.29 is 18.4 Å². The van der Waals surface area contributed by atoms with Crippen molar-refractivity contribution in [1.82, 2.24) is 4.90 Å². The van der Waals surface area contributed by atoms with Crippen molar-refractivity contribution >= 4 is 39.4 Å². The Hall–Kier alpha value is -0.170. The predicted molar refractivity (Wildman–Crippen MR) is 57.6 cm³/mol. The third kappa shape index (κ3) is 3.14. The number of carbonyl (C=O) groups excluding carboxylic acids is 2. The largest absolute Gasteiger partial charge is 0.326 e. The molecule has 1 amide bonds. The molecule has 1 saturated heterocycles. The maximum absolute atomic E-state index is 12.2. The molecule has 1 fully saturated rings. The topological polar surface area (TPSA) is 37.4 Å². The van der Waals surface area contributed by atoms with Crippen LogP contribution in [0.2, 0.25) is 0 Å². The molecule has 0 spiro atoms. The summed E-state index contributed by atoms with van der Waals surface area (Å²) in [6.07, 6.45) is -3.03. The first-order valence-electron chi connectivity index (χ1n) is 4.33. The molecule has 0 N–H and O–H groups in total. The molecule has 1 aliphatic heterocycles. The zero-order valence-corrected chi connectivity index (χ0v) is 10.2. The Bertz CT molecular complexity index is 265. The fourth-order valence-corrected chi connectivity index (χ4v) is 2.80. The first kappa shape index (κ1) is 12.9. The number of hydrogen-bond acceptors (Lipinski definition) is 3. The number of Topliss-reactive ketones (excluding diaryl/α,β-unsaturated/α-hetero) is 1. The van der Waals surface area contributed by atoms with Crippen LogP contribution in [0.25, 0.3) is 0 Å². The van der Waals surface area contributed by atoms with Crippen LogP contribution >= 0.6 is 27.7 Å². The van der Waals surface area contributed by atoms with Crippen molar-refractivity contribution in [3.05, 3.63) is 0 Å². The SMILES string of the molecule is O=C(CBr)C1CSCCN1C(=O)C(F)F. The lowest BCUT2D eigenvalue weighted by atomic mass is 10.2. The second-order valence-corrected chi connectivity index (χ2v) is 4.73. The number of nitrogens with zero attached hydrogens (tertiary/aromatic N) is 1. The standard InChI is InChI=1S/C8H10BrF2NO2S/c9-3-6(13)5-4-15-2-1-12(5)8(14)7(10)11/h5,7H,1-4H2. The molecule has 86 valence electrons. The van der Waals surface area contributed by atoms with Crippen LogP contribution in [0, 0.1) is 0 Å². The highest BCUT2D eigenvalue weighted by molar-refractivity contribution is 9.09. The summed E-state index contributed by atoms with van der Waals surface area (Å²) in [5, 5.41) is 0.0885. The average molecular weight is 302 g/mol. The van der Waals surface area contributed by atoms with Gasteiger partial charge in [-0.25, -0.2) is 0 Å². The van der Waals surface area contributed by atoms with E-state index in [2.05, 4.69) is 15.9 Å². The van der Waals surface area contributed by atoms with Gasteiger partial charge < -0.3 is 4.90 Å². The molecule has 1 heterocycles. The van der Waals surface area contributed by atoms with Gasteiger partial charge in [-0.15, -0.1) is 0 Å². The van der Waals surface area contributed by atoms with E-state index >= 15 is 0 Å².